The monoisotopic (exact) mass is 360 g/mol. The van der Waals surface area contributed by atoms with Crippen LogP contribution in [-0.2, 0) is 11.3 Å². The summed E-state index contributed by atoms with van der Waals surface area (Å²) in [6.45, 7) is 1.04. The number of benzene rings is 1. The quantitative estimate of drug-likeness (QED) is 0.765. The summed E-state index contributed by atoms with van der Waals surface area (Å²) in [4.78, 5) is 18.4. The first-order valence-corrected chi connectivity index (χ1v) is 8.12. The SMILES string of the molecule is O=C(OCc1ccccc1)N1CCC[C@@H]1c1ccc(Br)nc1. The number of halogens is 1. The van der Waals surface area contributed by atoms with E-state index in [1.807, 2.05) is 48.7 Å². The number of carbonyl (C=O) groups excluding carboxylic acids is 1. The van der Waals surface area contributed by atoms with Crippen molar-refractivity contribution < 1.29 is 9.53 Å². The average Bonchev–Trinajstić information content (AvgIpc) is 3.04. The number of aromatic nitrogens is 1. The third-order valence-corrected chi connectivity index (χ3v) is 4.30. The molecule has 0 unspecified atom stereocenters. The van der Waals surface area contributed by atoms with Crippen molar-refractivity contribution in [2.24, 2.45) is 0 Å². The fourth-order valence-corrected chi connectivity index (χ4v) is 2.95. The van der Waals surface area contributed by atoms with E-state index >= 15 is 0 Å². The van der Waals surface area contributed by atoms with E-state index in [4.69, 9.17) is 4.74 Å². The van der Waals surface area contributed by atoms with Crippen LogP contribution < -0.4 is 0 Å². The Morgan fingerprint density at radius 1 is 1.27 bits per heavy atom. The highest BCUT2D eigenvalue weighted by molar-refractivity contribution is 9.10. The van der Waals surface area contributed by atoms with Crippen LogP contribution in [0.1, 0.15) is 30.0 Å². The maximum atomic E-state index is 12.3. The summed E-state index contributed by atoms with van der Waals surface area (Å²) in [6.07, 6.45) is 3.50. The molecule has 0 saturated carbocycles. The summed E-state index contributed by atoms with van der Waals surface area (Å²) in [5.74, 6) is 0. The van der Waals surface area contributed by atoms with E-state index < -0.39 is 0 Å². The Labute approximate surface area is 138 Å². The molecule has 1 saturated heterocycles. The minimum atomic E-state index is -0.255. The molecule has 4 nitrogen and oxygen atoms in total. The molecule has 1 aliphatic rings. The van der Waals surface area contributed by atoms with Gasteiger partial charge in [-0.2, -0.15) is 0 Å². The standard InChI is InChI=1S/C17H17BrN2O2/c18-16-9-8-14(11-19-16)15-7-4-10-20(15)17(21)22-12-13-5-2-1-3-6-13/h1-3,5-6,8-9,11,15H,4,7,10,12H2/t15-/m1/s1. The molecule has 2 heterocycles. The third kappa shape index (κ3) is 3.47. The number of ether oxygens (including phenoxy) is 1. The molecule has 0 spiro atoms. The average molecular weight is 361 g/mol. The zero-order chi connectivity index (χ0) is 15.4. The van der Waals surface area contributed by atoms with Gasteiger partial charge in [0.25, 0.3) is 0 Å². The summed E-state index contributed by atoms with van der Waals surface area (Å²) < 4.78 is 6.24. The normalized spacial score (nSPS) is 17.5. The van der Waals surface area contributed by atoms with Crippen molar-refractivity contribution in [1.82, 2.24) is 9.88 Å². The fourth-order valence-electron chi connectivity index (χ4n) is 2.72. The van der Waals surface area contributed by atoms with Gasteiger partial charge in [-0.05, 0) is 46.0 Å². The lowest BCUT2D eigenvalue weighted by Gasteiger charge is -2.24. The molecular formula is C17H17BrN2O2. The summed E-state index contributed by atoms with van der Waals surface area (Å²) in [7, 11) is 0. The Balaban J connectivity index is 1.65. The number of nitrogens with zero attached hydrogens (tertiary/aromatic N) is 2. The number of likely N-dealkylation sites (tertiary alicyclic amines) is 1. The number of rotatable bonds is 3. The molecule has 0 radical (unpaired) electrons. The van der Waals surface area contributed by atoms with Crippen LogP contribution in [0.3, 0.4) is 0 Å². The minimum absolute atomic E-state index is 0.0591. The molecule has 1 aliphatic heterocycles. The molecule has 1 fully saturated rings. The Morgan fingerprint density at radius 2 is 2.09 bits per heavy atom. The van der Waals surface area contributed by atoms with Gasteiger partial charge >= 0.3 is 6.09 Å². The molecule has 1 amide bonds. The van der Waals surface area contributed by atoms with Crippen LogP contribution in [0.5, 0.6) is 0 Å². The van der Waals surface area contributed by atoms with E-state index in [1.54, 1.807) is 4.90 Å². The van der Waals surface area contributed by atoms with Crippen LogP contribution in [-0.4, -0.2) is 22.5 Å². The number of hydrogen-bond donors (Lipinski definition) is 0. The summed E-state index contributed by atoms with van der Waals surface area (Å²) in [5.41, 5.74) is 2.05. The minimum Gasteiger partial charge on any atom is -0.445 e. The molecule has 0 bridgehead atoms. The Hall–Kier alpha value is -1.88. The lowest BCUT2D eigenvalue weighted by molar-refractivity contribution is 0.0920. The molecule has 0 aliphatic carbocycles. The van der Waals surface area contributed by atoms with Crippen molar-refractivity contribution in [3.63, 3.8) is 0 Å². The van der Waals surface area contributed by atoms with Crippen LogP contribution in [0.25, 0.3) is 0 Å². The van der Waals surface area contributed by atoms with Gasteiger partial charge in [-0.3, -0.25) is 0 Å². The van der Waals surface area contributed by atoms with Crippen molar-refractivity contribution in [3.05, 3.63) is 64.4 Å². The molecule has 1 aromatic carbocycles. The van der Waals surface area contributed by atoms with Gasteiger partial charge in [-0.15, -0.1) is 0 Å². The smallest absolute Gasteiger partial charge is 0.410 e. The van der Waals surface area contributed by atoms with E-state index in [-0.39, 0.29) is 12.1 Å². The third-order valence-electron chi connectivity index (χ3n) is 3.83. The molecule has 1 atom stereocenters. The van der Waals surface area contributed by atoms with Crippen molar-refractivity contribution in [2.45, 2.75) is 25.5 Å². The highest BCUT2D eigenvalue weighted by Gasteiger charge is 2.31. The van der Waals surface area contributed by atoms with E-state index in [1.165, 1.54) is 0 Å². The van der Waals surface area contributed by atoms with E-state index in [9.17, 15) is 4.79 Å². The summed E-state index contributed by atoms with van der Waals surface area (Å²) in [5, 5.41) is 0. The molecule has 22 heavy (non-hydrogen) atoms. The molecule has 1 aromatic heterocycles. The zero-order valence-electron chi connectivity index (χ0n) is 12.1. The first-order valence-electron chi connectivity index (χ1n) is 7.33. The van der Waals surface area contributed by atoms with Crippen LogP contribution in [0.2, 0.25) is 0 Å². The number of carbonyl (C=O) groups is 1. The highest BCUT2D eigenvalue weighted by atomic mass is 79.9. The molecule has 0 N–H and O–H groups in total. The molecule has 2 aromatic rings. The molecule has 3 rings (SSSR count). The van der Waals surface area contributed by atoms with Gasteiger partial charge < -0.3 is 9.64 Å². The van der Waals surface area contributed by atoms with Crippen molar-refractivity contribution in [2.75, 3.05) is 6.54 Å². The number of hydrogen-bond acceptors (Lipinski definition) is 3. The second-order valence-corrected chi connectivity index (χ2v) is 6.12. The van der Waals surface area contributed by atoms with Crippen molar-refractivity contribution >= 4 is 22.0 Å². The Kier molecular flexibility index (Phi) is 4.73. The highest BCUT2D eigenvalue weighted by Crippen LogP contribution is 2.32. The number of pyridine rings is 1. The zero-order valence-corrected chi connectivity index (χ0v) is 13.7. The summed E-state index contributed by atoms with van der Waals surface area (Å²) in [6, 6.07) is 13.7. The number of amides is 1. The predicted octanol–water partition coefficient (Wildman–Crippen LogP) is 4.32. The van der Waals surface area contributed by atoms with Gasteiger partial charge in [0, 0.05) is 12.7 Å². The van der Waals surface area contributed by atoms with Crippen LogP contribution in [0, 0.1) is 0 Å². The fraction of sp³-hybridized carbons (Fsp3) is 0.294. The maximum absolute atomic E-state index is 12.3. The largest absolute Gasteiger partial charge is 0.445 e. The van der Waals surface area contributed by atoms with Crippen LogP contribution in [0.15, 0.2) is 53.3 Å². The lowest BCUT2D eigenvalue weighted by Crippen LogP contribution is -2.31. The van der Waals surface area contributed by atoms with E-state index in [0.717, 1.165) is 35.1 Å². The van der Waals surface area contributed by atoms with Gasteiger partial charge in [0.2, 0.25) is 0 Å². The van der Waals surface area contributed by atoms with E-state index in [2.05, 4.69) is 20.9 Å². The van der Waals surface area contributed by atoms with Crippen molar-refractivity contribution in [1.29, 1.82) is 0 Å². The Morgan fingerprint density at radius 3 is 2.82 bits per heavy atom. The maximum Gasteiger partial charge on any atom is 0.410 e. The second-order valence-electron chi connectivity index (χ2n) is 5.31. The van der Waals surface area contributed by atoms with Crippen molar-refractivity contribution in [3.8, 4) is 0 Å². The van der Waals surface area contributed by atoms with Crippen LogP contribution in [0.4, 0.5) is 4.79 Å². The first-order chi connectivity index (χ1) is 10.7. The van der Waals surface area contributed by atoms with Gasteiger partial charge in [0.15, 0.2) is 0 Å². The summed E-state index contributed by atoms with van der Waals surface area (Å²) >= 11 is 3.33. The molecule has 5 heteroatoms. The first kappa shape index (κ1) is 15.0. The topological polar surface area (TPSA) is 42.4 Å². The Bertz CT molecular complexity index is 631. The molecular weight excluding hydrogens is 344 g/mol. The van der Waals surface area contributed by atoms with Gasteiger partial charge in [-0.25, -0.2) is 9.78 Å². The second kappa shape index (κ2) is 6.92. The van der Waals surface area contributed by atoms with Gasteiger partial charge in [0.05, 0.1) is 6.04 Å². The van der Waals surface area contributed by atoms with Gasteiger partial charge in [-0.1, -0.05) is 36.4 Å². The molecule has 114 valence electrons. The lowest BCUT2D eigenvalue weighted by atomic mass is 10.1. The predicted molar refractivity (Wildman–Crippen MR) is 87.2 cm³/mol. The van der Waals surface area contributed by atoms with Gasteiger partial charge in [0.1, 0.15) is 11.2 Å². The van der Waals surface area contributed by atoms with E-state index in [0.29, 0.717) is 6.61 Å². The van der Waals surface area contributed by atoms with Crippen LogP contribution >= 0.6 is 15.9 Å².